The molecule has 3 N–H and O–H groups in total. The molecule has 1 unspecified atom stereocenters. The maximum Gasteiger partial charge on any atom is 0.315 e. The zero-order chi connectivity index (χ0) is 17.6. The Morgan fingerprint density at radius 3 is 2.75 bits per heavy atom. The summed E-state index contributed by atoms with van der Waals surface area (Å²) in [5, 5.41) is 15.4. The first-order chi connectivity index (χ1) is 11.6. The number of rotatable bonds is 8. The summed E-state index contributed by atoms with van der Waals surface area (Å²) in [6.45, 7) is 4.96. The molecule has 0 heterocycles. The molecule has 1 aromatic carbocycles. The zero-order valence-electron chi connectivity index (χ0n) is 15.0. The molecule has 134 valence electrons. The van der Waals surface area contributed by atoms with Gasteiger partial charge in [-0.2, -0.15) is 0 Å². The van der Waals surface area contributed by atoms with Crippen molar-refractivity contribution in [3.63, 3.8) is 0 Å². The molecule has 0 fully saturated rings. The van der Waals surface area contributed by atoms with Crippen molar-refractivity contribution in [2.45, 2.75) is 52.0 Å². The molecule has 1 aliphatic rings. The number of methoxy groups -OCH3 is 1. The lowest BCUT2D eigenvalue weighted by Gasteiger charge is -2.31. The van der Waals surface area contributed by atoms with E-state index in [-0.39, 0.29) is 24.1 Å². The number of carbonyl (C=O) groups excluding carboxylic acids is 1. The van der Waals surface area contributed by atoms with Crippen LogP contribution in [0.25, 0.3) is 0 Å². The Morgan fingerprint density at radius 1 is 1.38 bits per heavy atom. The van der Waals surface area contributed by atoms with Crippen LogP contribution in [0.2, 0.25) is 0 Å². The highest BCUT2D eigenvalue weighted by atomic mass is 16.5. The summed E-state index contributed by atoms with van der Waals surface area (Å²) in [4.78, 5) is 12.3. The number of nitrogens with one attached hydrogen (secondary N) is 2. The molecule has 2 amide bonds. The molecule has 0 aliphatic heterocycles. The second-order valence-corrected chi connectivity index (χ2v) is 6.63. The molecule has 0 bridgehead atoms. The highest BCUT2D eigenvalue weighted by molar-refractivity contribution is 5.74. The van der Waals surface area contributed by atoms with Gasteiger partial charge in [0.1, 0.15) is 5.75 Å². The van der Waals surface area contributed by atoms with Crippen LogP contribution in [-0.2, 0) is 6.42 Å². The van der Waals surface area contributed by atoms with Gasteiger partial charge in [0, 0.05) is 13.2 Å². The lowest BCUT2D eigenvalue weighted by atomic mass is 9.79. The van der Waals surface area contributed by atoms with Gasteiger partial charge in [0.15, 0.2) is 0 Å². The summed E-state index contributed by atoms with van der Waals surface area (Å²) >= 11 is 0. The van der Waals surface area contributed by atoms with Crippen molar-refractivity contribution in [3.8, 4) is 5.75 Å². The molecule has 1 atom stereocenters. The summed E-state index contributed by atoms with van der Waals surface area (Å²) in [7, 11) is 1.68. The van der Waals surface area contributed by atoms with Gasteiger partial charge in [0.25, 0.3) is 0 Å². The maximum atomic E-state index is 12.3. The largest absolute Gasteiger partial charge is 0.496 e. The van der Waals surface area contributed by atoms with E-state index < -0.39 is 0 Å². The van der Waals surface area contributed by atoms with Crippen LogP contribution < -0.4 is 15.4 Å². The van der Waals surface area contributed by atoms with Crippen LogP contribution >= 0.6 is 0 Å². The van der Waals surface area contributed by atoms with E-state index in [4.69, 9.17) is 4.74 Å². The van der Waals surface area contributed by atoms with E-state index >= 15 is 0 Å². The lowest BCUT2D eigenvalue weighted by Crippen LogP contribution is -2.43. The van der Waals surface area contributed by atoms with Crippen LogP contribution in [0.15, 0.2) is 18.2 Å². The number of amides is 2. The molecular weight excluding hydrogens is 304 g/mol. The molecule has 1 aliphatic carbocycles. The quantitative estimate of drug-likeness (QED) is 0.684. The minimum absolute atomic E-state index is 0.0249. The van der Waals surface area contributed by atoms with Crippen LogP contribution in [0.3, 0.4) is 0 Å². The number of hydrogen-bond donors (Lipinski definition) is 3. The van der Waals surface area contributed by atoms with Crippen molar-refractivity contribution in [3.05, 3.63) is 29.3 Å². The predicted molar refractivity (Wildman–Crippen MR) is 95.3 cm³/mol. The van der Waals surface area contributed by atoms with Gasteiger partial charge in [0.05, 0.1) is 13.2 Å². The Labute approximate surface area is 144 Å². The second-order valence-electron chi connectivity index (χ2n) is 6.63. The number of benzene rings is 1. The Kier molecular flexibility index (Phi) is 6.49. The fourth-order valence-electron chi connectivity index (χ4n) is 3.62. The average Bonchev–Trinajstić information content (AvgIpc) is 3.01. The Balaban J connectivity index is 1.95. The van der Waals surface area contributed by atoms with E-state index in [0.717, 1.165) is 37.0 Å². The fraction of sp³-hybridized carbons (Fsp3) is 0.632. The smallest absolute Gasteiger partial charge is 0.315 e. The minimum atomic E-state index is -0.139. The SMILES string of the molecule is CCC(CC)(CCO)CNC(=O)NC1CCc2c(OC)cccc21. The number of ether oxygens (including phenoxy) is 1. The van der Waals surface area contributed by atoms with E-state index in [9.17, 15) is 9.90 Å². The minimum Gasteiger partial charge on any atom is -0.496 e. The molecule has 1 aromatic rings. The summed E-state index contributed by atoms with van der Waals surface area (Å²) < 4.78 is 5.41. The van der Waals surface area contributed by atoms with Gasteiger partial charge in [-0.05, 0) is 54.7 Å². The van der Waals surface area contributed by atoms with Crippen molar-refractivity contribution in [1.82, 2.24) is 10.6 Å². The van der Waals surface area contributed by atoms with Gasteiger partial charge in [0.2, 0.25) is 0 Å². The Bertz CT molecular complexity index is 556. The van der Waals surface area contributed by atoms with Crippen molar-refractivity contribution in [1.29, 1.82) is 0 Å². The summed E-state index contributed by atoms with van der Waals surface area (Å²) in [6.07, 6.45) is 4.40. The van der Waals surface area contributed by atoms with Gasteiger partial charge in [-0.25, -0.2) is 4.79 Å². The van der Waals surface area contributed by atoms with Gasteiger partial charge >= 0.3 is 6.03 Å². The molecule has 0 spiro atoms. The Morgan fingerprint density at radius 2 is 2.12 bits per heavy atom. The van der Waals surface area contributed by atoms with Crippen LogP contribution in [0.5, 0.6) is 5.75 Å². The van der Waals surface area contributed by atoms with Crippen molar-refractivity contribution in [2.75, 3.05) is 20.3 Å². The number of urea groups is 1. The first kappa shape index (κ1) is 18.6. The molecule has 2 rings (SSSR count). The molecular formula is C19H30N2O3. The number of fused-ring (bicyclic) bond motifs is 1. The van der Waals surface area contributed by atoms with Crippen LogP contribution in [-0.4, -0.2) is 31.4 Å². The van der Waals surface area contributed by atoms with Gasteiger partial charge in [-0.1, -0.05) is 26.0 Å². The van der Waals surface area contributed by atoms with E-state index in [2.05, 4.69) is 30.5 Å². The summed E-state index contributed by atoms with van der Waals surface area (Å²) in [5.74, 6) is 0.899. The number of carbonyl (C=O) groups is 1. The topological polar surface area (TPSA) is 70.6 Å². The van der Waals surface area contributed by atoms with Crippen molar-refractivity contribution >= 4 is 6.03 Å². The van der Waals surface area contributed by atoms with E-state index in [1.165, 1.54) is 5.56 Å². The van der Waals surface area contributed by atoms with Crippen LogP contribution in [0.1, 0.15) is 56.7 Å². The van der Waals surface area contributed by atoms with Crippen LogP contribution in [0, 0.1) is 5.41 Å². The van der Waals surface area contributed by atoms with Crippen molar-refractivity contribution in [2.24, 2.45) is 5.41 Å². The van der Waals surface area contributed by atoms with Gasteiger partial charge < -0.3 is 20.5 Å². The first-order valence-electron chi connectivity index (χ1n) is 8.90. The molecule has 0 saturated carbocycles. The third-order valence-electron chi connectivity index (χ3n) is 5.52. The molecule has 5 heteroatoms. The van der Waals surface area contributed by atoms with Crippen molar-refractivity contribution < 1.29 is 14.6 Å². The van der Waals surface area contributed by atoms with Gasteiger partial charge in [-0.15, -0.1) is 0 Å². The Hall–Kier alpha value is -1.75. The molecule has 0 radical (unpaired) electrons. The second kappa shape index (κ2) is 8.38. The number of aliphatic hydroxyl groups is 1. The third-order valence-corrected chi connectivity index (χ3v) is 5.52. The zero-order valence-corrected chi connectivity index (χ0v) is 15.0. The third kappa shape index (κ3) is 4.01. The monoisotopic (exact) mass is 334 g/mol. The van der Waals surface area contributed by atoms with E-state index in [1.807, 2.05) is 12.1 Å². The average molecular weight is 334 g/mol. The first-order valence-corrected chi connectivity index (χ1v) is 8.90. The lowest BCUT2D eigenvalue weighted by molar-refractivity contribution is 0.162. The molecule has 24 heavy (non-hydrogen) atoms. The van der Waals surface area contributed by atoms with Crippen LogP contribution in [0.4, 0.5) is 4.79 Å². The molecule has 5 nitrogen and oxygen atoms in total. The number of hydrogen-bond acceptors (Lipinski definition) is 3. The maximum absolute atomic E-state index is 12.3. The summed E-state index contributed by atoms with van der Waals surface area (Å²) in [5.41, 5.74) is 2.32. The molecule has 0 saturated heterocycles. The predicted octanol–water partition coefficient (Wildman–Crippen LogP) is 3.17. The normalized spacial score (nSPS) is 16.6. The summed E-state index contributed by atoms with van der Waals surface area (Å²) in [6, 6.07) is 5.89. The highest BCUT2D eigenvalue weighted by Gasteiger charge is 2.29. The fourth-order valence-corrected chi connectivity index (χ4v) is 3.62. The highest BCUT2D eigenvalue weighted by Crippen LogP contribution is 2.36. The van der Waals surface area contributed by atoms with E-state index in [1.54, 1.807) is 7.11 Å². The molecule has 0 aromatic heterocycles. The van der Waals surface area contributed by atoms with Gasteiger partial charge in [-0.3, -0.25) is 0 Å². The number of aliphatic hydroxyl groups excluding tert-OH is 1. The van der Waals surface area contributed by atoms with E-state index in [0.29, 0.717) is 13.0 Å². The standard InChI is InChI=1S/C19H30N2O3/c1-4-19(5-2,11-12-22)13-20-18(23)21-16-10-9-15-14(16)7-6-8-17(15)24-3/h6-8,16,22H,4-5,9-13H2,1-3H3,(H2,20,21,23).